The third-order valence-electron chi connectivity index (χ3n) is 1.48. The summed E-state index contributed by atoms with van der Waals surface area (Å²) < 4.78 is 0. The number of rotatable bonds is 1. The fourth-order valence-corrected chi connectivity index (χ4v) is 0.942. The van der Waals surface area contributed by atoms with Gasteiger partial charge in [0.2, 0.25) is 5.95 Å². The minimum Gasteiger partial charge on any atom is -0.481 e. The van der Waals surface area contributed by atoms with E-state index in [1.54, 1.807) is 0 Å². The Bertz CT molecular complexity index is 577. The maximum Gasteiger partial charge on any atom is 0.300 e. The Morgan fingerprint density at radius 1 is 1.47 bits per heavy atom. The Hall–Kier alpha value is -2.55. The van der Waals surface area contributed by atoms with Gasteiger partial charge in [0.15, 0.2) is 11.2 Å². The molecule has 0 radical (unpaired) electrons. The molecule has 0 saturated heterocycles. The molecular weight excluding hydrogens is 228 g/mol. The number of hydrazine groups is 1. The SMILES string of the molecule is CC(=O)O.NNc1nc2nccnc2c(=O)[nH]1. The molecule has 0 fully saturated rings. The lowest BCUT2D eigenvalue weighted by Gasteiger charge is -1.98. The Kier molecular flexibility index (Phi) is 4.06. The minimum atomic E-state index is -0.833. The summed E-state index contributed by atoms with van der Waals surface area (Å²) in [5.41, 5.74) is 2.32. The van der Waals surface area contributed by atoms with Crippen LogP contribution < -0.4 is 16.8 Å². The molecule has 0 amide bonds. The number of aromatic amines is 1. The van der Waals surface area contributed by atoms with Gasteiger partial charge in [-0.15, -0.1) is 0 Å². The molecule has 90 valence electrons. The van der Waals surface area contributed by atoms with Crippen molar-refractivity contribution in [1.29, 1.82) is 0 Å². The number of nitrogens with zero attached hydrogens (tertiary/aromatic N) is 3. The van der Waals surface area contributed by atoms with E-state index in [0.717, 1.165) is 6.92 Å². The average molecular weight is 238 g/mol. The third kappa shape index (κ3) is 3.50. The van der Waals surface area contributed by atoms with Crippen LogP contribution in [0.2, 0.25) is 0 Å². The van der Waals surface area contributed by atoms with Crippen molar-refractivity contribution in [2.75, 3.05) is 5.43 Å². The van der Waals surface area contributed by atoms with Crippen LogP contribution in [-0.2, 0) is 4.79 Å². The molecule has 9 heteroatoms. The van der Waals surface area contributed by atoms with Crippen molar-refractivity contribution in [2.24, 2.45) is 5.84 Å². The number of carboxylic acids is 1. The van der Waals surface area contributed by atoms with Crippen LogP contribution in [0.3, 0.4) is 0 Å². The number of nitrogen functional groups attached to an aromatic ring is 1. The minimum absolute atomic E-state index is 0.165. The largest absolute Gasteiger partial charge is 0.481 e. The number of nitrogens with two attached hydrogens (primary N) is 1. The first-order valence-corrected chi connectivity index (χ1v) is 4.41. The van der Waals surface area contributed by atoms with E-state index < -0.39 is 5.97 Å². The Morgan fingerprint density at radius 2 is 2.06 bits per heavy atom. The Labute approximate surface area is 94.7 Å². The molecule has 9 nitrogen and oxygen atoms in total. The number of anilines is 1. The van der Waals surface area contributed by atoms with E-state index in [0.29, 0.717) is 0 Å². The van der Waals surface area contributed by atoms with Crippen LogP contribution in [-0.4, -0.2) is 31.0 Å². The predicted molar refractivity (Wildman–Crippen MR) is 59.1 cm³/mol. The number of hydrogen-bond acceptors (Lipinski definition) is 7. The van der Waals surface area contributed by atoms with Crippen LogP contribution in [0.25, 0.3) is 11.2 Å². The highest BCUT2D eigenvalue weighted by atomic mass is 16.4. The van der Waals surface area contributed by atoms with Crippen molar-refractivity contribution in [3.8, 4) is 0 Å². The van der Waals surface area contributed by atoms with Crippen molar-refractivity contribution in [3.05, 3.63) is 22.7 Å². The van der Waals surface area contributed by atoms with Gasteiger partial charge < -0.3 is 5.11 Å². The molecule has 0 saturated carbocycles. The molecule has 5 N–H and O–H groups in total. The Morgan fingerprint density at radius 3 is 2.65 bits per heavy atom. The van der Waals surface area contributed by atoms with E-state index in [1.165, 1.54) is 12.4 Å². The smallest absolute Gasteiger partial charge is 0.300 e. The number of H-pyrrole nitrogens is 1. The molecule has 2 rings (SSSR count). The molecule has 0 atom stereocenters. The standard InChI is InChI=1S/C6H6N6O.C2H4O2/c7-12-6-10-4-3(5(13)11-6)8-1-2-9-4;1-2(3)4/h1-2H,7H2,(H2,9,10,11,12,13);1H3,(H,3,4). The van der Waals surface area contributed by atoms with Gasteiger partial charge >= 0.3 is 0 Å². The number of fused-ring (bicyclic) bond motifs is 1. The molecule has 0 aliphatic carbocycles. The van der Waals surface area contributed by atoms with Gasteiger partial charge in [-0.2, -0.15) is 4.98 Å². The first kappa shape index (κ1) is 12.5. The fraction of sp³-hybridized carbons (Fsp3) is 0.125. The third-order valence-corrected chi connectivity index (χ3v) is 1.48. The van der Waals surface area contributed by atoms with Gasteiger partial charge in [0.1, 0.15) is 0 Å². The molecule has 0 aromatic carbocycles. The highest BCUT2D eigenvalue weighted by Crippen LogP contribution is 1.99. The van der Waals surface area contributed by atoms with Gasteiger partial charge in [-0.1, -0.05) is 0 Å². The molecule has 2 aromatic rings. The molecule has 2 aromatic heterocycles. The van der Waals surface area contributed by atoms with Crippen LogP contribution in [0.1, 0.15) is 6.92 Å². The fourth-order valence-electron chi connectivity index (χ4n) is 0.942. The first-order chi connectivity index (χ1) is 8.04. The second-order valence-corrected chi connectivity index (χ2v) is 2.81. The van der Waals surface area contributed by atoms with Crippen LogP contribution in [0, 0.1) is 0 Å². The van der Waals surface area contributed by atoms with Crippen LogP contribution in [0.5, 0.6) is 0 Å². The summed E-state index contributed by atoms with van der Waals surface area (Å²) in [6.45, 7) is 1.08. The Balaban J connectivity index is 0.000000317. The molecule has 0 aliphatic rings. The summed E-state index contributed by atoms with van der Waals surface area (Å²) in [7, 11) is 0. The zero-order chi connectivity index (χ0) is 12.8. The summed E-state index contributed by atoms with van der Waals surface area (Å²) in [6, 6.07) is 0. The van der Waals surface area contributed by atoms with E-state index in [9.17, 15) is 4.79 Å². The maximum absolute atomic E-state index is 11.3. The molecule has 0 bridgehead atoms. The number of aromatic nitrogens is 4. The first-order valence-electron chi connectivity index (χ1n) is 4.41. The van der Waals surface area contributed by atoms with Gasteiger partial charge in [0.25, 0.3) is 11.5 Å². The molecule has 17 heavy (non-hydrogen) atoms. The second kappa shape index (κ2) is 5.51. The molecule has 2 heterocycles. The van der Waals surface area contributed by atoms with Crippen LogP contribution in [0.4, 0.5) is 5.95 Å². The van der Waals surface area contributed by atoms with E-state index in [2.05, 4.69) is 25.4 Å². The maximum atomic E-state index is 11.3. The number of carbonyl (C=O) groups is 1. The van der Waals surface area contributed by atoms with E-state index in [1.807, 2.05) is 0 Å². The van der Waals surface area contributed by atoms with Gasteiger partial charge in [-0.05, 0) is 0 Å². The highest BCUT2D eigenvalue weighted by molar-refractivity contribution is 5.68. The highest BCUT2D eigenvalue weighted by Gasteiger charge is 2.03. The van der Waals surface area contributed by atoms with Gasteiger partial charge in [-0.3, -0.25) is 20.0 Å². The van der Waals surface area contributed by atoms with Gasteiger partial charge in [0, 0.05) is 19.3 Å². The zero-order valence-corrected chi connectivity index (χ0v) is 8.84. The zero-order valence-electron chi connectivity index (χ0n) is 8.84. The summed E-state index contributed by atoms with van der Waals surface area (Å²) >= 11 is 0. The summed E-state index contributed by atoms with van der Waals surface area (Å²) in [4.78, 5) is 34.2. The summed E-state index contributed by atoms with van der Waals surface area (Å²) in [5.74, 6) is 4.41. The van der Waals surface area contributed by atoms with E-state index >= 15 is 0 Å². The van der Waals surface area contributed by atoms with Crippen molar-refractivity contribution < 1.29 is 9.90 Å². The summed E-state index contributed by atoms with van der Waals surface area (Å²) in [5, 5.41) is 7.42. The average Bonchev–Trinajstić information content (AvgIpc) is 2.28. The molecule has 0 unspecified atom stereocenters. The van der Waals surface area contributed by atoms with E-state index in [4.69, 9.17) is 15.7 Å². The lowest BCUT2D eigenvalue weighted by molar-refractivity contribution is -0.134. The van der Waals surface area contributed by atoms with Crippen molar-refractivity contribution in [3.63, 3.8) is 0 Å². The normalized spacial score (nSPS) is 9.29. The number of carboxylic acid groups (broad SMARTS) is 1. The van der Waals surface area contributed by atoms with Crippen molar-refractivity contribution in [2.45, 2.75) is 6.92 Å². The van der Waals surface area contributed by atoms with Crippen molar-refractivity contribution >= 4 is 23.1 Å². The predicted octanol–water partition coefficient (Wildman–Crippen LogP) is -0.910. The topological polar surface area (TPSA) is 147 Å². The lowest BCUT2D eigenvalue weighted by Crippen LogP contribution is -2.17. The molecule has 0 aliphatic heterocycles. The molecule has 0 spiro atoms. The van der Waals surface area contributed by atoms with E-state index in [-0.39, 0.29) is 22.7 Å². The number of nitrogens with one attached hydrogen (secondary N) is 2. The van der Waals surface area contributed by atoms with Gasteiger partial charge in [0.05, 0.1) is 0 Å². The van der Waals surface area contributed by atoms with Crippen molar-refractivity contribution in [1.82, 2.24) is 19.9 Å². The number of hydrogen-bond donors (Lipinski definition) is 4. The van der Waals surface area contributed by atoms with Crippen LogP contribution >= 0.6 is 0 Å². The molecular formula is C8H10N6O3. The quantitative estimate of drug-likeness (QED) is 0.368. The lowest BCUT2D eigenvalue weighted by atomic mass is 10.5. The van der Waals surface area contributed by atoms with Crippen LogP contribution in [0.15, 0.2) is 17.2 Å². The number of aliphatic carboxylic acids is 1. The second-order valence-electron chi connectivity index (χ2n) is 2.81. The monoisotopic (exact) mass is 238 g/mol. The summed E-state index contributed by atoms with van der Waals surface area (Å²) in [6.07, 6.45) is 2.88. The van der Waals surface area contributed by atoms with Gasteiger partial charge in [-0.25, -0.2) is 15.8 Å².